The first-order chi connectivity index (χ1) is 19.7. The molecular formula is C31H42ClN7O2. The molecule has 3 saturated heterocycles. The smallest absolute Gasteiger partial charge is 0.245 e. The highest BCUT2D eigenvalue weighted by Crippen LogP contribution is 2.45. The lowest BCUT2D eigenvalue weighted by atomic mass is 9.82. The van der Waals surface area contributed by atoms with Crippen molar-refractivity contribution in [2.45, 2.75) is 58.0 Å². The van der Waals surface area contributed by atoms with Gasteiger partial charge >= 0.3 is 0 Å². The monoisotopic (exact) mass is 579 g/mol. The van der Waals surface area contributed by atoms with Gasteiger partial charge in [0.15, 0.2) is 5.82 Å². The molecule has 10 heteroatoms. The van der Waals surface area contributed by atoms with Gasteiger partial charge in [-0.1, -0.05) is 18.2 Å². The minimum absolute atomic E-state index is 0.000820. The lowest BCUT2D eigenvalue weighted by molar-refractivity contribution is -0.127. The van der Waals surface area contributed by atoms with E-state index in [-0.39, 0.29) is 17.5 Å². The molecule has 1 atom stereocenters. The Morgan fingerprint density at radius 3 is 2.66 bits per heavy atom. The van der Waals surface area contributed by atoms with Gasteiger partial charge in [-0.2, -0.15) is 10.2 Å². The van der Waals surface area contributed by atoms with E-state index in [0.29, 0.717) is 19.0 Å². The molecule has 2 aromatic heterocycles. The number of hydrogen-bond donors (Lipinski definition) is 1. The lowest BCUT2D eigenvalue weighted by Gasteiger charge is -2.47. The van der Waals surface area contributed by atoms with Crippen LogP contribution in [0.2, 0.25) is 5.02 Å². The molecule has 6 rings (SSSR count). The van der Waals surface area contributed by atoms with Crippen molar-refractivity contribution in [2.75, 3.05) is 57.4 Å². The molecule has 0 unspecified atom stereocenters. The maximum absolute atomic E-state index is 12.2. The summed E-state index contributed by atoms with van der Waals surface area (Å²) in [5, 5.41) is 14.6. The molecule has 3 aromatic rings. The first-order valence-corrected chi connectivity index (χ1v) is 15.3. The Hall–Kier alpha value is -2.88. The zero-order valence-corrected chi connectivity index (χ0v) is 25.3. The van der Waals surface area contributed by atoms with E-state index in [1.165, 1.54) is 6.08 Å². The van der Waals surface area contributed by atoms with E-state index in [2.05, 4.69) is 57.4 Å². The molecule has 0 spiro atoms. The summed E-state index contributed by atoms with van der Waals surface area (Å²) in [6.07, 6.45) is 9.40. The predicted molar refractivity (Wildman–Crippen MR) is 164 cm³/mol. The summed E-state index contributed by atoms with van der Waals surface area (Å²) in [6.45, 7) is 17.6. The molecule has 1 amide bonds. The Morgan fingerprint density at radius 1 is 1.20 bits per heavy atom. The molecular weight excluding hydrogens is 538 g/mol. The number of aromatic nitrogens is 4. The van der Waals surface area contributed by atoms with Gasteiger partial charge in [0.2, 0.25) is 5.91 Å². The van der Waals surface area contributed by atoms with Crippen molar-refractivity contribution in [1.29, 1.82) is 0 Å². The van der Waals surface area contributed by atoms with Crippen molar-refractivity contribution in [3.05, 3.63) is 41.7 Å². The van der Waals surface area contributed by atoms with Gasteiger partial charge in [-0.05, 0) is 70.1 Å². The van der Waals surface area contributed by atoms with Gasteiger partial charge in [0, 0.05) is 67.5 Å². The van der Waals surface area contributed by atoms with Crippen LogP contribution in [-0.2, 0) is 9.53 Å². The number of anilines is 1. The zero-order valence-electron chi connectivity index (χ0n) is 24.5. The number of carbonyl (C=O) groups is 1. The van der Waals surface area contributed by atoms with Crippen LogP contribution in [-0.4, -0.2) is 93.7 Å². The fraction of sp³-hybridized carbons (Fsp3) is 0.581. The number of halogens is 1. The van der Waals surface area contributed by atoms with Gasteiger partial charge in [0.25, 0.3) is 0 Å². The van der Waals surface area contributed by atoms with Crippen LogP contribution in [0.25, 0.3) is 22.0 Å². The number of aromatic amines is 1. The van der Waals surface area contributed by atoms with E-state index in [0.717, 1.165) is 104 Å². The van der Waals surface area contributed by atoms with Crippen LogP contribution in [0.15, 0.2) is 31.1 Å². The minimum Gasteiger partial charge on any atom is -0.379 e. The number of piperidine rings is 2. The van der Waals surface area contributed by atoms with Crippen LogP contribution in [0.4, 0.5) is 5.82 Å². The number of aryl methyl sites for hydroxylation is 1. The summed E-state index contributed by atoms with van der Waals surface area (Å²) in [5.74, 6) is 1.63. The molecule has 0 radical (unpaired) electrons. The van der Waals surface area contributed by atoms with Gasteiger partial charge in [-0.15, -0.1) is 0 Å². The maximum Gasteiger partial charge on any atom is 0.245 e. The number of amides is 1. The number of hydrogen-bond acceptors (Lipinski definition) is 6. The van der Waals surface area contributed by atoms with Crippen LogP contribution >= 0.6 is 11.6 Å². The van der Waals surface area contributed by atoms with E-state index < -0.39 is 0 Å². The number of benzene rings is 1. The summed E-state index contributed by atoms with van der Waals surface area (Å²) in [6, 6.07) is 2.27. The second kappa shape index (κ2) is 11.4. The molecule has 3 fully saturated rings. The number of carbonyl (C=O) groups excluding carboxylic acids is 1. The number of morpholine rings is 1. The molecule has 1 N–H and O–H groups in total. The lowest BCUT2D eigenvalue weighted by Crippen LogP contribution is -2.53. The molecule has 3 aliphatic rings. The number of likely N-dealkylation sites (tertiary alicyclic amines) is 1. The average Bonchev–Trinajstić information content (AvgIpc) is 3.61. The molecule has 0 aliphatic carbocycles. The Morgan fingerprint density at radius 2 is 1.95 bits per heavy atom. The molecule has 0 bridgehead atoms. The van der Waals surface area contributed by atoms with E-state index in [9.17, 15) is 4.79 Å². The maximum atomic E-state index is 12.2. The van der Waals surface area contributed by atoms with Crippen molar-refractivity contribution >= 4 is 34.2 Å². The second-order valence-electron chi connectivity index (χ2n) is 12.6. The van der Waals surface area contributed by atoms with E-state index >= 15 is 0 Å². The summed E-state index contributed by atoms with van der Waals surface area (Å²) in [4.78, 5) is 19.1. The van der Waals surface area contributed by atoms with E-state index in [4.69, 9.17) is 21.4 Å². The number of rotatable bonds is 6. The molecule has 5 heterocycles. The molecule has 1 aromatic carbocycles. The van der Waals surface area contributed by atoms with Crippen LogP contribution in [0.3, 0.4) is 0 Å². The standard InChI is InChI=1S/C31H42ClN7O2/c1-5-27(40)37-9-7-23(8-10-37)39-20-25(28-24-18-33-34-26(24)16-21(2)29(28)32)30(35-39)38-11-6-22(17-31(38,3)4)19-36-12-14-41-15-13-36/h5,16,18,20,22-23H,1,6-15,17,19H2,2-4H3,(H,33,34)/t22-/m1/s1. The number of fused-ring (bicyclic) bond motifs is 1. The van der Waals surface area contributed by atoms with E-state index in [1.807, 2.05) is 18.0 Å². The van der Waals surface area contributed by atoms with Crippen LogP contribution in [0.5, 0.6) is 0 Å². The highest BCUT2D eigenvalue weighted by Gasteiger charge is 2.39. The molecule has 9 nitrogen and oxygen atoms in total. The summed E-state index contributed by atoms with van der Waals surface area (Å²) in [7, 11) is 0. The number of nitrogens with zero attached hydrogens (tertiary/aromatic N) is 6. The summed E-state index contributed by atoms with van der Waals surface area (Å²) < 4.78 is 7.72. The van der Waals surface area contributed by atoms with Gasteiger partial charge < -0.3 is 14.5 Å². The first kappa shape index (κ1) is 28.2. The fourth-order valence-corrected chi connectivity index (χ4v) is 7.38. The molecule has 0 saturated carbocycles. The molecule has 3 aliphatic heterocycles. The molecule has 41 heavy (non-hydrogen) atoms. The number of ether oxygens (including phenoxy) is 1. The van der Waals surface area contributed by atoms with Gasteiger partial charge in [-0.3, -0.25) is 19.5 Å². The Labute approximate surface area is 247 Å². The number of H-pyrrole nitrogens is 1. The van der Waals surface area contributed by atoms with Crippen LogP contribution < -0.4 is 4.90 Å². The van der Waals surface area contributed by atoms with Crippen molar-refractivity contribution < 1.29 is 9.53 Å². The van der Waals surface area contributed by atoms with Gasteiger partial charge in [0.1, 0.15) is 0 Å². The van der Waals surface area contributed by atoms with E-state index in [1.54, 1.807) is 0 Å². The fourth-order valence-electron chi connectivity index (χ4n) is 7.12. The van der Waals surface area contributed by atoms with Crippen LogP contribution in [0.1, 0.15) is 51.1 Å². The minimum atomic E-state index is -0.0747. The van der Waals surface area contributed by atoms with Crippen molar-refractivity contribution in [2.24, 2.45) is 5.92 Å². The third-order valence-electron chi connectivity index (χ3n) is 9.33. The topological polar surface area (TPSA) is 82.5 Å². The SMILES string of the molecule is C=CC(=O)N1CCC(n2cc(-c3c(Cl)c(C)cc4[nH]ncc34)c(N3CC[C@@H](CN4CCOCC4)CC3(C)C)n2)CC1. The number of nitrogens with one attached hydrogen (secondary N) is 1. The highest BCUT2D eigenvalue weighted by molar-refractivity contribution is 6.36. The van der Waals surface area contributed by atoms with Crippen molar-refractivity contribution in [3.63, 3.8) is 0 Å². The molecule has 220 valence electrons. The third kappa shape index (κ3) is 5.51. The van der Waals surface area contributed by atoms with Gasteiger partial charge in [0.05, 0.1) is 36.0 Å². The largest absolute Gasteiger partial charge is 0.379 e. The average molecular weight is 580 g/mol. The Bertz CT molecular complexity index is 1420. The third-order valence-corrected chi connectivity index (χ3v) is 9.81. The van der Waals surface area contributed by atoms with Gasteiger partial charge in [-0.25, -0.2) is 0 Å². The Kier molecular flexibility index (Phi) is 7.87. The zero-order chi connectivity index (χ0) is 28.7. The Balaban J connectivity index is 1.35. The second-order valence-corrected chi connectivity index (χ2v) is 12.9. The highest BCUT2D eigenvalue weighted by atomic mass is 35.5. The van der Waals surface area contributed by atoms with Crippen molar-refractivity contribution in [3.8, 4) is 11.1 Å². The van der Waals surface area contributed by atoms with Crippen molar-refractivity contribution in [1.82, 2.24) is 29.8 Å². The first-order valence-electron chi connectivity index (χ1n) is 15.0. The normalized spacial score (nSPS) is 22.4. The predicted octanol–water partition coefficient (Wildman–Crippen LogP) is 5.06. The summed E-state index contributed by atoms with van der Waals surface area (Å²) >= 11 is 7.08. The van der Waals surface area contributed by atoms with Crippen LogP contribution in [0, 0.1) is 12.8 Å². The summed E-state index contributed by atoms with van der Waals surface area (Å²) in [5.41, 5.74) is 3.95. The quantitative estimate of drug-likeness (QED) is 0.411.